The zero-order valence-electron chi connectivity index (χ0n) is 22.2. The van der Waals surface area contributed by atoms with Crippen LogP contribution in [0.4, 0.5) is 0 Å². The molecule has 2 rings (SSSR count). The van der Waals surface area contributed by atoms with Crippen LogP contribution in [0, 0.1) is 0 Å². The van der Waals surface area contributed by atoms with Gasteiger partial charge in [0, 0.05) is 5.56 Å². The third kappa shape index (κ3) is 13.0. The lowest BCUT2D eigenvalue weighted by molar-refractivity contribution is -0.903. The first-order chi connectivity index (χ1) is 16.1. The summed E-state index contributed by atoms with van der Waals surface area (Å²) in [4.78, 5) is 0. The van der Waals surface area contributed by atoms with E-state index in [2.05, 4.69) is 75.6 Å². The minimum atomic E-state index is 1.04. The lowest BCUT2D eigenvalue weighted by Crippen LogP contribution is -2.39. The first kappa shape index (κ1) is 27.6. The van der Waals surface area contributed by atoms with Gasteiger partial charge < -0.3 is 4.48 Å². The van der Waals surface area contributed by atoms with Crippen LogP contribution in [0.5, 0.6) is 0 Å². The molecule has 0 bridgehead atoms. The summed E-state index contributed by atoms with van der Waals surface area (Å²) in [6, 6.07) is 19.9. The van der Waals surface area contributed by atoms with Crippen molar-refractivity contribution in [1.82, 2.24) is 0 Å². The summed E-state index contributed by atoms with van der Waals surface area (Å²) in [6.07, 6.45) is 21.1. The van der Waals surface area contributed by atoms with Crippen molar-refractivity contribution in [1.29, 1.82) is 0 Å². The summed E-state index contributed by atoms with van der Waals surface area (Å²) in [5, 5.41) is 0. The molecule has 0 aliphatic rings. The van der Waals surface area contributed by atoms with E-state index in [-0.39, 0.29) is 0 Å². The minimum Gasteiger partial charge on any atom is -0.325 e. The van der Waals surface area contributed by atoms with Crippen molar-refractivity contribution in [2.24, 2.45) is 0 Å². The van der Waals surface area contributed by atoms with Crippen molar-refractivity contribution in [2.45, 2.75) is 110 Å². The second kappa shape index (κ2) is 16.9. The predicted octanol–water partition coefficient (Wildman–Crippen LogP) is 9.34. The Hall–Kier alpha value is -1.60. The predicted molar refractivity (Wildman–Crippen MR) is 147 cm³/mol. The van der Waals surface area contributed by atoms with Gasteiger partial charge in [0.05, 0.1) is 20.6 Å². The van der Waals surface area contributed by atoms with E-state index in [0.29, 0.717) is 0 Å². The van der Waals surface area contributed by atoms with E-state index in [1.807, 2.05) is 0 Å². The maximum Gasteiger partial charge on any atom is 0.104 e. The van der Waals surface area contributed by atoms with Gasteiger partial charge in [-0.2, -0.15) is 0 Å². The molecule has 0 radical (unpaired) electrons. The summed E-state index contributed by atoms with van der Waals surface area (Å²) < 4.78 is 1.09. The van der Waals surface area contributed by atoms with Crippen molar-refractivity contribution >= 4 is 0 Å². The molecule has 0 unspecified atom stereocenters. The lowest BCUT2D eigenvalue weighted by Gasteiger charge is -2.31. The molecule has 0 spiro atoms. The van der Waals surface area contributed by atoms with E-state index in [1.54, 1.807) is 0 Å². The average molecular weight is 451 g/mol. The maximum atomic E-state index is 2.40. The molecule has 1 nitrogen and oxygen atoms in total. The lowest BCUT2D eigenvalue weighted by atomic mass is 9.99. The Morgan fingerprint density at radius 1 is 0.515 bits per heavy atom. The van der Waals surface area contributed by atoms with Crippen molar-refractivity contribution in [2.75, 3.05) is 20.6 Å². The molecule has 0 aliphatic heterocycles. The van der Waals surface area contributed by atoms with Crippen LogP contribution < -0.4 is 0 Å². The second-order valence-electron chi connectivity index (χ2n) is 10.8. The third-order valence-corrected chi connectivity index (χ3v) is 7.07. The van der Waals surface area contributed by atoms with E-state index >= 15 is 0 Å². The fourth-order valence-electron chi connectivity index (χ4n) is 4.97. The number of quaternary nitrogens is 1. The van der Waals surface area contributed by atoms with Gasteiger partial charge in [-0.1, -0.05) is 139 Å². The standard InChI is InChI=1S/C32H52N/c1-4-5-6-7-8-9-10-11-12-13-14-15-16-22-27-33(2,3)29-32-26-21-20-25-31(32)28-30-23-18-17-19-24-30/h17-21,23-26H,4-16,22,27-29H2,1-3H3/q+1. The van der Waals surface area contributed by atoms with Gasteiger partial charge in [-0.05, 0) is 30.4 Å². The fraction of sp³-hybridized carbons (Fsp3) is 0.625. The van der Waals surface area contributed by atoms with E-state index in [0.717, 1.165) is 17.4 Å². The fourth-order valence-corrected chi connectivity index (χ4v) is 4.97. The number of unbranched alkanes of at least 4 members (excludes halogenated alkanes) is 13. The van der Waals surface area contributed by atoms with E-state index in [4.69, 9.17) is 0 Å². The van der Waals surface area contributed by atoms with E-state index in [9.17, 15) is 0 Å². The van der Waals surface area contributed by atoms with Gasteiger partial charge in [0.2, 0.25) is 0 Å². The molecular weight excluding hydrogens is 398 g/mol. The summed E-state index contributed by atoms with van der Waals surface area (Å²) >= 11 is 0. The Labute approximate surface area is 206 Å². The molecule has 0 amide bonds. The van der Waals surface area contributed by atoms with Crippen molar-refractivity contribution in [3.05, 3.63) is 71.3 Å². The summed E-state index contributed by atoms with van der Waals surface area (Å²) in [7, 11) is 4.81. The first-order valence-electron chi connectivity index (χ1n) is 14.0. The van der Waals surface area contributed by atoms with Crippen LogP contribution in [0.15, 0.2) is 54.6 Å². The summed E-state index contributed by atoms with van der Waals surface area (Å²) in [6.45, 7) is 4.70. The number of benzene rings is 2. The molecule has 0 aromatic heterocycles. The quantitative estimate of drug-likeness (QED) is 0.148. The number of nitrogens with zero attached hydrogens (tertiary/aromatic N) is 1. The monoisotopic (exact) mass is 450 g/mol. The molecule has 2 aromatic rings. The number of rotatable bonds is 19. The highest BCUT2D eigenvalue weighted by molar-refractivity contribution is 5.32. The molecule has 2 aromatic carbocycles. The molecule has 0 N–H and O–H groups in total. The smallest absolute Gasteiger partial charge is 0.104 e. The van der Waals surface area contributed by atoms with Crippen LogP contribution in [0.3, 0.4) is 0 Å². The molecular formula is C32H52N+. The topological polar surface area (TPSA) is 0 Å². The number of hydrogen-bond donors (Lipinski definition) is 0. The molecule has 0 heterocycles. The normalized spacial score (nSPS) is 11.7. The van der Waals surface area contributed by atoms with Crippen LogP contribution in [0.25, 0.3) is 0 Å². The Bertz CT molecular complexity index is 718. The van der Waals surface area contributed by atoms with Crippen LogP contribution >= 0.6 is 0 Å². The molecule has 1 heteroatoms. The van der Waals surface area contributed by atoms with E-state index in [1.165, 1.54) is 113 Å². The highest BCUT2D eigenvalue weighted by Crippen LogP contribution is 2.19. The molecule has 0 saturated carbocycles. The Kier molecular flexibility index (Phi) is 14.2. The van der Waals surface area contributed by atoms with Gasteiger partial charge in [0.15, 0.2) is 0 Å². The molecule has 0 aliphatic carbocycles. The Morgan fingerprint density at radius 3 is 1.52 bits per heavy atom. The average Bonchev–Trinajstić information content (AvgIpc) is 2.81. The Morgan fingerprint density at radius 2 is 0.970 bits per heavy atom. The van der Waals surface area contributed by atoms with Crippen LogP contribution in [-0.2, 0) is 13.0 Å². The molecule has 0 saturated heterocycles. The molecule has 0 atom stereocenters. The van der Waals surface area contributed by atoms with E-state index < -0.39 is 0 Å². The van der Waals surface area contributed by atoms with Gasteiger partial charge in [-0.25, -0.2) is 0 Å². The van der Waals surface area contributed by atoms with Crippen molar-refractivity contribution in [3.63, 3.8) is 0 Å². The molecule has 33 heavy (non-hydrogen) atoms. The second-order valence-corrected chi connectivity index (χ2v) is 10.8. The van der Waals surface area contributed by atoms with Crippen LogP contribution in [0.2, 0.25) is 0 Å². The molecule has 184 valence electrons. The van der Waals surface area contributed by atoms with Gasteiger partial charge in [0.25, 0.3) is 0 Å². The maximum absolute atomic E-state index is 2.40. The largest absolute Gasteiger partial charge is 0.325 e. The zero-order chi connectivity index (χ0) is 23.6. The summed E-state index contributed by atoms with van der Waals surface area (Å²) in [5.74, 6) is 0. The third-order valence-electron chi connectivity index (χ3n) is 7.07. The van der Waals surface area contributed by atoms with Crippen molar-refractivity contribution < 1.29 is 4.48 Å². The minimum absolute atomic E-state index is 1.04. The Balaban J connectivity index is 1.55. The zero-order valence-corrected chi connectivity index (χ0v) is 22.2. The molecule has 0 fully saturated rings. The van der Waals surface area contributed by atoms with Gasteiger partial charge in [0.1, 0.15) is 6.54 Å². The first-order valence-corrected chi connectivity index (χ1v) is 14.0. The number of hydrogen-bond acceptors (Lipinski definition) is 0. The van der Waals surface area contributed by atoms with Gasteiger partial charge in [-0.15, -0.1) is 0 Å². The van der Waals surface area contributed by atoms with Crippen LogP contribution in [-0.4, -0.2) is 25.1 Å². The van der Waals surface area contributed by atoms with Crippen LogP contribution in [0.1, 0.15) is 114 Å². The highest BCUT2D eigenvalue weighted by Gasteiger charge is 2.17. The van der Waals surface area contributed by atoms with Gasteiger partial charge >= 0.3 is 0 Å². The summed E-state index contributed by atoms with van der Waals surface area (Å²) in [5.41, 5.74) is 4.40. The van der Waals surface area contributed by atoms with Crippen molar-refractivity contribution in [3.8, 4) is 0 Å². The van der Waals surface area contributed by atoms with Gasteiger partial charge in [-0.3, -0.25) is 0 Å². The highest BCUT2D eigenvalue weighted by atomic mass is 15.3. The SMILES string of the molecule is CCCCCCCCCCCCCCCC[N+](C)(C)Cc1ccccc1Cc1ccccc1.